The second kappa shape index (κ2) is 4.89. The average molecular weight is 274 g/mol. The summed E-state index contributed by atoms with van der Waals surface area (Å²) < 4.78 is 14.6. The predicted molar refractivity (Wildman–Crippen MR) is 71.8 cm³/mol. The molecule has 0 radical (unpaired) electrons. The molecule has 4 nitrogen and oxygen atoms in total. The number of aromatic nitrogens is 4. The lowest BCUT2D eigenvalue weighted by atomic mass is 10.2. The Morgan fingerprint density at radius 2 is 2.05 bits per heavy atom. The molecular formula is C13H11FN4S. The fourth-order valence-electron chi connectivity index (χ4n) is 1.79. The Labute approximate surface area is 113 Å². The molecule has 2 heterocycles. The van der Waals surface area contributed by atoms with Crippen LogP contribution < -0.4 is 0 Å². The van der Waals surface area contributed by atoms with E-state index in [0.29, 0.717) is 0 Å². The van der Waals surface area contributed by atoms with Crippen molar-refractivity contribution in [1.82, 2.24) is 20.0 Å². The maximum atomic E-state index is 12.9. The Hall–Kier alpha value is -2.08. The molecule has 6 heteroatoms. The summed E-state index contributed by atoms with van der Waals surface area (Å²) >= 11 is 1.53. The number of hydrogen-bond donors (Lipinski definition) is 0. The van der Waals surface area contributed by atoms with E-state index in [-0.39, 0.29) is 5.82 Å². The van der Waals surface area contributed by atoms with Crippen LogP contribution in [0.1, 0.15) is 12.6 Å². The van der Waals surface area contributed by atoms with Crippen LogP contribution in [0.3, 0.4) is 0 Å². The Morgan fingerprint density at radius 1 is 1.26 bits per heavy atom. The van der Waals surface area contributed by atoms with Crippen LogP contribution in [-0.2, 0) is 6.42 Å². The van der Waals surface area contributed by atoms with Gasteiger partial charge in [0.05, 0.1) is 18.1 Å². The van der Waals surface area contributed by atoms with Gasteiger partial charge in [0.1, 0.15) is 15.8 Å². The highest BCUT2D eigenvalue weighted by Crippen LogP contribution is 2.30. The molecule has 0 aliphatic heterocycles. The molecular weight excluding hydrogens is 263 g/mol. The monoisotopic (exact) mass is 274 g/mol. The molecule has 2 aromatic heterocycles. The maximum Gasteiger partial charge on any atom is 0.142 e. The minimum Gasteiger partial charge on any atom is -0.239 e. The molecule has 0 aliphatic carbocycles. The van der Waals surface area contributed by atoms with Gasteiger partial charge in [-0.3, -0.25) is 0 Å². The largest absolute Gasteiger partial charge is 0.239 e. The molecule has 0 saturated heterocycles. The van der Waals surface area contributed by atoms with E-state index in [1.54, 1.807) is 29.2 Å². The van der Waals surface area contributed by atoms with Crippen LogP contribution in [0.25, 0.3) is 15.6 Å². The van der Waals surface area contributed by atoms with Crippen molar-refractivity contribution in [1.29, 1.82) is 0 Å². The number of thiazole rings is 1. The first-order valence-electron chi connectivity index (χ1n) is 5.90. The van der Waals surface area contributed by atoms with Crippen LogP contribution in [-0.4, -0.2) is 20.0 Å². The Morgan fingerprint density at radius 3 is 2.68 bits per heavy atom. The second-order valence-corrected chi connectivity index (χ2v) is 4.96. The van der Waals surface area contributed by atoms with Crippen LogP contribution in [0.2, 0.25) is 0 Å². The third-order valence-electron chi connectivity index (χ3n) is 2.73. The van der Waals surface area contributed by atoms with E-state index in [1.165, 1.54) is 23.5 Å². The normalized spacial score (nSPS) is 10.8. The number of benzene rings is 1. The summed E-state index contributed by atoms with van der Waals surface area (Å²) in [7, 11) is 0. The van der Waals surface area contributed by atoms with Crippen molar-refractivity contribution in [2.45, 2.75) is 13.3 Å². The number of hydrogen-bond acceptors (Lipinski definition) is 4. The van der Waals surface area contributed by atoms with E-state index in [1.807, 2.05) is 6.92 Å². The van der Waals surface area contributed by atoms with Gasteiger partial charge in [0.2, 0.25) is 0 Å². The highest BCUT2D eigenvalue weighted by atomic mass is 32.1. The van der Waals surface area contributed by atoms with Crippen molar-refractivity contribution in [2.24, 2.45) is 0 Å². The van der Waals surface area contributed by atoms with E-state index in [9.17, 15) is 4.39 Å². The third kappa shape index (κ3) is 2.26. The zero-order chi connectivity index (χ0) is 13.2. The van der Waals surface area contributed by atoms with Gasteiger partial charge < -0.3 is 0 Å². The van der Waals surface area contributed by atoms with Gasteiger partial charge in [-0.2, -0.15) is 0 Å². The topological polar surface area (TPSA) is 43.6 Å². The van der Waals surface area contributed by atoms with Crippen molar-refractivity contribution in [3.8, 4) is 15.6 Å². The summed E-state index contributed by atoms with van der Waals surface area (Å²) in [5.41, 5.74) is 1.88. The van der Waals surface area contributed by atoms with Gasteiger partial charge in [-0.15, -0.1) is 5.10 Å². The number of nitrogens with zero attached hydrogens (tertiary/aromatic N) is 4. The number of halogens is 1. The maximum absolute atomic E-state index is 12.9. The van der Waals surface area contributed by atoms with Crippen LogP contribution in [0.4, 0.5) is 4.39 Å². The van der Waals surface area contributed by atoms with Crippen molar-refractivity contribution >= 4 is 11.3 Å². The average Bonchev–Trinajstić information content (AvgIpc) is 3.08. The van der Waals surface area contributed by atoms with Gasteiger partial charge in [0.25, 0.3) is 0 Å². The summed E-state index contributed by atoms with van der Waals surface area (Å²) in [6, 6.07) is 6.35. The first kappa shape index (κ1) is 12.0. The highest BCUT2D eigenvalue weighted by molar-refractivity contribution is 7.17. The van der Waals surface area contributed by atoms with Crippen LogP contribution in [0.5, 0.6) is 0 Å². The number of aryl methyl sites for hydroxylation is 1. The van der Waals surface area contributed by atoms with E-state index in [2.05, 4.69) is 15.3 Å². The lowest BCUT2D eigenvalue weighted by Gasteiger charge is -1.96. The van der Waals surface area contributed by atoms with Crippen molar-refractivity contribution in [3.63, 3.8) is 0 Å². The molecule has 0 atom stereocenters. The SMILES string of the molecule is CCc1nc(-c2ccc(F)cc2)sc1-n1ccnn1. The van der Waals surface area contributed by atoms with Crippen LogP contribution in [0.15, 0.2) is 36.7 Å². The lowest BCUT2D eigenvalue weighted by molar-refractivity contribution is 0.628. The molecule has 96 valence electrons. The summed E-state index contributed by atoms with van der Waals surface area (Å²) in [5.74, 6) is -0.243. The smallest absolute Gasteiger partial charge is 0.142 e. The van der Waals surface area contributed by atoms with Gasteiger partial charge in [-0.05, 0) is 30.7 Å². The van der Waals surface area contributed by atoms with E-state index >= 15 is 0 Å². The Balaban J connectivity index is 2.07. The third-order valence-corrected chi connectivity index (χ3v) is 3.87. The second-order valence-electron chi connectivity index (χ2n) is 3.98. The molecule has 0 N–H and O–H groups in total. The minimum atomic E-state index is -0.243. The molecule has 0 aliphatic rings. The first-order chi connectivity index (χ1) is 9.28. The lowest BCUT2D eigenvalue weighted by Crippen LogP contribution is -1.96. The predicted octanol–water partition coefficient (Wildman–Crippen LogP) is 3.09. The fraction of sp³-hybridized carbons (Fsp3) is 0.154. The zero-order valence-electron chi connectivity index (χ0n) is 10.2. The van der Waals surface area contributed by atoms with E-state index in [0.717, 1.165) is 27.7 Å². The van der Waals surface area contributed by atoms with Gasteiger partial charge in [0, 0.05) is 5.56 Å². The quantitative estimate of drug-likeness (QED) is 0.737. The first-order valence-corrected chi connectivity index (χ1v) is 6.72. The van der Waals surface area contributed by atoms with Crippen molar-refractivity contribution in [2.75, 3.05) is 0 Å². The highest BCUT2D eigenvalue weighted by Gasteiger charge is 2.13. The summed E-state index contributed by atoms with van der Waals surface area (Å²) in [5, 5.41) is 9.62. The Kier molecular flexibility index (Phi) is 3.08. The Bertz CT molecular complexity index is 673. The molecule has 0 bridgehead atoms. The van der Waals surface area contributed by atoms with Gasteiger partial charge in [-0.25, -0.2) is 14.1 Å². The van der Waals surface area contributed by atoms with Gasteiger partial charge in [-0.1, -0.05) is 23.5 Å². The van der Waals surface area contributed by atoms with Crippen molar-refractivity contribution < 1.29 is 4.39 Å². The molecule has 19 heavy (non-hydrogen) atoms. The molecule has 0 saturated carbocycles. The molecule has 1 aromatic carbocycles. The van der Waals surface area contributed by atoms with Gasteiger partial charge in [0.15, 0.2) is 0 Å². The van der Waals surface area contributed by atoms with Gasteiger partial charge >= 0.3 is 0 Å². The molecule has 0 amide bonds. The number of rotatable bonds is 3. The molecule has 3 rings (SSSR count). The summed E-state index contributed by atoms with van der Waals surface area (Å²) in [6.07, 6.45) is 4.24. The van der Waals surface area contributed by atoms with Crippen molar-refractivity contribution in [3.05, 3.63) is 48.2 Å². The standard InChI is InChI=1S/C13H11FN4S/c1-2-11-13(18-8-7-15-17-18)19-12(16-11)9-3-5-10(14)6-4-9/h3-8H,2H2,1H3. The van der Waals surface area contributed by atoms with Crippen LogP contribution >= 0.6 is 11.3 Å². The summed E-state index contributed by atoms with van der Waals surface area (Å²) in [4.78, 5) is 4.59. The van der Waals surface area contributed by atoms with E-state index < -0.39 is 0 Å². The minimum absolute atomic E-state index is 0.243. The van der Waals surface area contributed by atoms with Crippen LogP contribution in [0, 0.1) is 5.82 Å². The molecule has 0 spiro atoms. The summed E-state index contributed by atoms with van der Waals surface area (Å²) in [6.45, 7) is 2.05. The molecule has 0 unspecified atom stereocenters. The zero-order valence-corrected chi connectivity index (χ0v) is 11.1. The molecule has 3 aromatic rings. The fourth-order valence-corrected chi connectivity index (χ4v) is 2.88. The van der Waals surface area contributed by atoms with E-state index in [4.69, 9.17) is 0 Å². The molecule has 0 fully saturated rings.